The second kappa shape index (κ2) is 7.00. The van der Waals surface area contributed by atoms with Crippen molar-refractivity contribution >= 4 is 44.6 Å². The van der Waals surface area contributed by atoms with Crippen molar-refractivity contribution in [3.05, 3.63) is 69.8 Å². The number of aromatic amines is 1. The highest BCUT2D eigenvalue weighted by Gasteiger charge is 2.36. The van der Waals surface area contributed by atoms with E-state index in [0.29, 0.717) is 28.6 Å². The van der Waals surface area contributed by atoms with Gasteiger partial charge in [0.05, 0.1) is 11.1 Å². The van der Waals surface area contributed by atoms with Crippen LogP contribution in [-0.4, -0.2) is 40.7 Å². The maximum Gasteiger partial charge on any atom is 0.262 e. The topological polar surface area (TPSA) is 82.3 Å². The number of imide groups is 1. The second-order valence-electron chi connectivity index (χ2n) is 6.39. The van der Waals surface area contributed by atoms with E-state index in [1.807, 2.05) is 24.4 Å². The second-order valence-corrected chi connectivity index (χ2v) is 7.30. The van der Waals surface area contributed by atoms with Crippen LogP contribution in [0.2, 0.25) is 0 Å². The van der Waals surface area contributed by atoms with Gasteiger partial charge < -0.3 is 10.3 Å². The summed E-state index contributed by atoms with van der Waals surface area (Å²) in [7, 11) is 0. The number of nitrogens with one attached hydrogen (secondary N) is 2. The Hall–Kier alpha value is -2.93. The van der Waals surface area contributed by atoms with Crippen LogP contribution in [0.15, 0.2) is 53.1 Å². The van der Waals surface area contributed by atoms with Crippen molar-refractivity contribution in [3.8, 4) is 0 Å². The summed E-state index contributed by atoms with van der Waals surface area (Å²) >= 11 is 3.29. The highest BCUT2D eigenvalue weighted by molar-refractivity contribution is 9.10. The van der Waals surface area contributed by atoms with Gasteiger partial charge in [-0.05, 0) is 53.8 Å². The lowest BCUT2D eigenvalue weighted by Crippen LogP contribution is -2.40. The number of H-pyrrole nitrogens is 1. The van der Waals surface area contributed by atoms with Crippen molar-refractivity contribution in [3.63, 3.8) is 0 Å². The third-order valence-corrected chi connectivity index (χ3v) is 5.08. The van der Waals surface area contributed by atoms with Gasteiger partial charge in [-0.1, -0.05) is 22.0 Å². The van der Waals surface area contributed by atoms with Gasteiger partial charge in [-0.2, -0.15) is 0 Å². The summed E-state index contributed by atoms with van der Waals surface area (Å²) in [5.74, 6) is -1.23. The molecular weight excluding hydrogens is 410 g/mol. The van der Waals surface area contributed by atoms with Gasteiger partial charge in [0.2, 0.25) is 5.91 Å². The van der Waals surface area contributed by atoms with Gasteiger partial charge in [0.25, 0.3) is 11.8 Å². The number of aromatic nitrogens is 1. The molecule has 3 amide bonds. The summed E-state index contributed by atoms with van der Waals surface area (Å²) in [5, 5.41) is 3.90. The van der Waals surface area contributed by atoms with Crippen LogP contribution in [0.1, 0.15) is 26.3 Å². The van der Waals surface area contributed by atoms with Gasteiger partial charge in [-0.25, -0.2) is 0 Å². The smallest absolute Gasteiger partial charge is 0.262 e. The van der Waals surface area contributed by atoms with Crippen LogP contribution in [0.3, 0.4) is 0 Å². The molecule has 136 valence electrons. The minimum atomic E-state index is -0.440. The molecule has 0 bridgehead atoms. The number of hydrogen-bond acceptors (Lipinski definition) is 3. The first kappa shape index (κ1) is 17.5. The highest BCUT2D eigenvalue weighted by atomic mass is 79.9. The lowest BCUT2D eigenvalue weighted by atomic mass is 10.1. The van der Waals surface area contributed by atoms with Gasteiger partial charge in [-0.3, -0.25) is 19.3 Å². The Morgan fingerprint density at radius 3 is 2.70 bits per heavy atom. The zero-order valence-electron chi connectivity index (χ0n) is 14.3. The first-order chi connectivity index (χ1) is 13.0. The molecule has 27 heavy (non-hydrogen) atoms. The predicted molar refractivity (Wildman–Crippen MR) is 105 cm³/mol. The number of halogens is 1. The van der Waals surface area contributed by atoms with Crippen molar-refractivity contribution < 1.29 is 14.4 Å². The first-order valence-electron chi connectivity index (χ1n) is 8.51. The fourth-order valence-corrected chi connectivity index (χ4v) is 3.57. The van der Waals surface area contributed by atoms with Crippen LogP contribution < -0.4 is 5.32 Å². The molecule has 1 aliphatic rings. The van der Waals surface area contributed by atoms with E-state index in [4.69, 9.17) is 0 Å². The van der Waals surface area contributed by atoms with Gasteiger partial charge in [0, 0.05) is 22.7 Å². The number of amides is 3. The Kier molecular flexibility index (Phi) is 4.53. The van der Waals surface area contributed by atoms with Gasteiger partial charge in [0.1, 0.15) is 6.54 Å². The van der Waals surface area contributed by atoms with E-state index in [-0.39, 0.29) is 12.5 Å². The van der Waals surface area contributed by atoms with E-state index in [2.05, 4.69) is 32.3 Å². The molecule has 0 atom stereocenters. The molecule has 2 heterocycles. The Bertz CT molecular complexity index is 1070. The molecule has 2 aromatic carbocycles. The molecular formula is C20H16BrN3O3. The predicted octanol–water partition coefficient (Wildman–Crippen LogP) is 2.89. The molecule has 0 saturated carbocycles. The lowest BCUT2D eigenvalue weighted by Gasteiger charge is -2.13. The minimum Gasteiger partial charge on any atom is -0.361 e. The molecule has 4 rings (SSSR count). The summed E-state index contributed by atoms with van der Waals surface area (Å²) < 4.78 is 0.716. The highest BCUT2D eigenvalue weighted by Crippen LogP contribution is 2.25. The van der Waals surface area contributed by atoms with Crippen molar-refractivity contribution in [2.75, 3.05) is 13.1 Å². The number of benzene rings is 2. The maximum absolute atomic E-state index is 12.4. The average molecular weight is 426 g/mol. The van der Waals surface area contributed by atoms with Crippen molar-refractivity contribution in [1.82, 2.24) is 15.2 Å². The summed E-state index contributed by atoms with van der Waals surface area (Å²) in [6.07, 6.45) is 2.55. The third kappa shape index (κ3) is 3.38. The van der Waals surface area contributed by atoms with Crippen LogP contribution in [0.4, 0.5) is 0 Å². The molecule has 0 fully saturated rings. The van der Waals surface area contributed by atoms with Gasteiger partial charge in [-0.15, -0.1) is 0 Å². The minimum absolute atomic E-state index is 0.277. The fourth-order valence-electron chi connectivity index (χ4n) is 3.21. The van der Waals surface area contributed by atoms with Crippen LogP contribution in [0, 0.1) is 0 Å². The van der Waals surface area contributed by atoms with Gasteiger partial charge in [0.15, 0.2) is 0 Å². The fraction of sp³-hybridized carbons (Fsp3) is 0.150. The van der Waals surface area contributed by atoms with Crippen molar-refractivity contribution in [2.45, 2.75) is 6.42 Å². The number of rotatable bonds is 5. The van der Waals surface area contributed by atoms with E-state index in [1.54, 1.807) is 18.2 Å². The molecule has 1 aliphatic heterocycles. The number of carbonyl (C=O) groups excluding carboxylic acids is 3. The Labute approximate surface area is 163 Å². The molecule has 6 nitrogen and oxygen atoms in total. The molecule has 0 spiro atoms. The van der Waals surface area contributed by atoms with Gasteiger partial charge >= 0.3 is 0 Å². The maximum atomic E-state index is 12.4. The largest absolute Gasteiger partial charge is 0.361 e. The summed E-state index contributed by atoms with van der Waals surface area (Å²) in [5.41, 5.74) is 2.82. The zero-order chi connectivity index (χ0) is 19.0. The van der Waals surface area contributed by atoms with E-state index < -0.39 is 11.8 Å². The molecule has 0 saturated heterocycles. The number of hydrogen-bond donors (Lipinski definition) is 2. The Morgan fingerprint density at radius 2 is 1.85 bits per heavy atom. The standard InChI is InChI=1S/C20H16BrN3O3/c21-14-2-3-15-16(10-14)20(27)24(19(15)26)11-18(25)23-7-5-12-1-4-17-13(9-12)6-8-22-17/h1-4,6,8-10,22H,5,7,11H2,(H,23,25). The molecule has 7 heteroatoms. The quantitative estimate of drug-likeness (QED) is 0.616. The number of nitrogens with zero attached hydrogens (tertiary/aromatic N) is 1. The van der Waals surface area contributed by atoms with Crippen molar-refractivity contribution in [2.24, 2.45) is 0 Å². The molecule has 3 aromatic rings. The molecule has 0 unspecified atom stereocenters. The van der Waals surface area contributed by atoms with E-state index in [0.717, 1.165) is 21.4 Å². The summed E-state index contributed by atoms with van der Waals surface area (Å²) in [4.78, 5) is 41.1. The SMILES string of the molecule is O=C(CN1C(=O)c2ccc(Br)cc2C1=O)NCCc1ccc2[nH]ccc2c1. The summed E-state index contributed by atoms with van der Waals surface area (Å²) in [6, 6.07) is 13.0. The lowest BCUT2D eigenvalue weighted by molar-refractivity contribution is -0.121. The normalized spacial score (nSPS) is 13.3. The van der Waals surface area contributed by atoms with E-state index >= 15 is 0 Å². The van der Waals surface area contributed by atoms with Crippen LogP contribution >= 0.6 is 15.9 Å². The zero-order valence-corrected chi connectivity index (χ0v) is 15.9. The number of carbonyl (C=O) groups is 3. The number of fused-ring (bicyclic) bond motifs is 2. The van der Waals surface area contributed by atoms with Crippen LogP contribution in [-0.2, 0) is 11.2 Å². The molecule has 0 radical (unpaired) electrons. The van der Waals surface area contributed by atoms with Crippen molar-refractivity contribution in [1.29, 1.82) is 0 Å². The monoisotopic (exact) mass is 425 g/mol. The Balaban J connectivity index is 1.34. The Morgan fingerprint density at radius 1 is 1.04 bits per heavy atom. The summed E-state index contributed by atoms with van der Waals surface area (Å²) in [6.45, 7) is 0.157. The van der Waals surface area contributed by atoms with E-state index in [1.165, 1.54) is 0 Å². The average Bonchev–Trinajstić information content (AvgIpc) is 3.20. The molecule has 2 N–H and O–H groups in total. The van der Waals surface area contributed by atoms with E-state index in [9.17, 15) is 14.4 Å². The molecule has 1 aromatic heterocycles. The molecule has 0 aliphatic carbocycles. The third-order valence-electron chi connectivity index (χ3n) is 4.59. The van der Waals surface area contributed by atoms with Crippen LogP contribution in [0.25, 0.3) is 10.9 Å². The first-order valence-corrected chi connectivity index (χ1v) is 9.31. The van der Waals surface area contributed by atoms with Crippen LogP contribution in [0.5, 0.6) is 0 Å².